The second-order valence-corrected chi connectivity index (χ2v) is 6.42. The molecule has 8 heteroatoms. The zero-order valence-corrected chi connectivity index (χ0v) is 13.4. The van der Waals surface area contributed by atoms with E-state index in [4.69, 9.17) is 4.74 Å². The van der Waals surface area contributed by atoms with E-state index >= 15 is 0 Å². The van der Waals surface area contributed by atoms with Gasteiger partial charge in [-0.05, 0) is 18.2 Å². The number of ether oxygens (including phenoxy) is 1. The molecule has 0 fully saturated rings. The highest BCUT2D eigenvalue weighted by atomic mass is 32.2. The SMILES string of the molecule is COCCSc1nnc(Nc2cccc(NC(C)=O)c2)s1. The number of carbonyl (C=O) groups is 1. The number of amides is 1. The van der Waals surface area contributed by atoms with Crippen molar-refractivity contribution >= 4 is 45.5 Å². The van der Waals surface area contributed by atoms with Gasteiger partial charge in [0.2, 0.25) is 11.0 Å². The summed E-state index contributed by atoms with van der Waals surface area (Å²) >= 11 is 3.10. The minimum Gasteiger partial charge on any atom is -0.384 e. The summed E-state index contributed by atoms with van der Waals surface area (Å²) in [6.07, 6.45) is 0. The number of benzene rings is 1. The quantitative estimate of drug-likeness (QED) is 0.602. The summed E-state index contributed by atoms with van der Waals surface area (Å²) < 4.78 is 5.89. The van der Waals surface area contributed by atoms with Crippen molar-refractivity contribution in [1.82, 2.24) is 10.2 Å². The molecule has 0 atom stereocenters. The zero-order chi connectivity index (χ0) is 15.1. The van der Waals surface area contributed by atoms with Gasteiger partial charge in [0, 0.05) is 31.2 Å². The van der Waals surface area contributed by atoms with Gasteiger partial charge in [-0.2, -0.15) is 0 Å². The first-order chi connectivity index (χ1) is 10.2. The first-order valence-electron chi connectivity index (χ1n) is 6.27. The number of anilines is 3. The van der Waals surface area contributed by atoms with E-state index < -0.39 is 0 Å². The van der Waals surface area contributed by atoms with Crippen molar-refractivity contribution in [3.05, 3.63) is 24.3 Å². The standard InChI is InChI=1S/C13H16N4O2S2/c1-9(18)14-10-4-3-5-11(8-10)15-12-16-17-13(21-12)20-7-6-19-2/h3-5,8H,6-7H2,1-2H3,(H,14,18)(H,15,16). The molecule has 1 heterocycles. The number of hydrogen-bond donors (Lipinski definition) is 2. The first kappa shape index (κ1) is 15.7. The maximum atomic E-state index is 11.0. The van der Waals surface area contributed by atoms with E-state index in [9.17, 15) is 4.79 Å². The van der Waals surface area contributed by atoms with Gasteiger partial charge in [-0.15, -0.1) is 10.2 Å². The zero-order valence-electron chi connectivity index (χ0n) is 11.8. The number of methoxy groups -OCH3 is 1. The van der Waals surface area contributed by atoms with Crippen molar-refractivity contribution in [3.8, 4) is 0 Å². The molecule has 1 amide bonds. The van der Waals surface area contributed by atoms with Crippen LogP contribution in [0.2, 0.25) is 0 Å². The van der Waals surface area contributed by atoms with Gasteiger partial charge < -0.3 is 15.4 Å². The Morgan fingerprint density at radius 1 is 1.38 bits per heavy atom. The van der Waals surface area contributed by atoms with Crippen LogP contribution < -0.4 is 10.6 Å². The summed E-state index contributed by atoms with van der Waals surface area (Å²) in [5, 5.41) is 14.8. The molecule has 0 unspecified atom stereocenters. The van der Waals surface area contributed by atoms with Gasteiger partial charge in [0.25, 0.3) is 0 Å². The molecule has 112 valence electrons. The fraction of sp³-hybridized carbons (Fsp3) is 0.308. The highest BCUT2D eigenvalue weighted by Gasteiger charge is 2.05. The predicted molar refractivity (Wildman–Crippen MR) is 86.5 cm³/mol. The van der Waals surface area contributed by atoms with E-state index in [-0.39, 0.29) is 5.91 Å². The maximum absolute atomic E-state index is 11.0. The van der Waals surface area contributed by atoms with Gasteiger partial charge in [-0.25, -0.2) is 0 Å². The Morgan fingerprint density at radius 3 is 2.95 bits per heavy atom. The van der Waals surface area contributed by atoms with Gasteiger partial charge in [-0.1, -0.05) is 29.2 Å². The van der Waals surface area contributed by atoms with E-state index in [1.165, 1.54) is 18.3 Å². The third kappa shape index (κ3) is 5.33. The van der Waals surface area contributed by atoms with Crippen LogP contribution in [0.5, 0.6) is 0 Å². The molecule has 0 saturated carbocycles. The normalized spacial score (nSPS) is 10.4. The summed E-state index contributed by atoms with van der Waals surface area (Å²) in [4.78, 5) is 11.0. The monoisotopic (exact) mass is 324 g/mol. The number of aromatic nitrogens is 2. The minimum atomic E-state index is -0.0973. The van der Waals surface area contributed by atoms with Crippen LogP contribution in [-0.4, -0.2) is 35.6 Å². The molecular formula is C13H16N4O2S2. The molecule has 0 radical (unpaired) electrons. The molecule has 0 aliphatic carbocycles. The summed E-state index contributed by atoms with van der Waals surface area (Å²) in [7, 11) is 1.68. The summed E-state index contributed by atoms with van der Waals surface area (Å²) in [5.74, 6) is 0.753. The van der Waals surface area contributed by atoms with Crippen LogP contribution in [0, 0.1) is 0 Å². The van der Waals surface area contributed by atoms with Crippen LogP contribution in [0.4, 0.5) is 16.5 Å². The van der Waals surface area contributed by atoms with Crippen molar-refractivity contribution in [3.63, 3.8) is 0 Å². The summed E-state index contributed by atoms with van der Waals surface area (Å²) in [6.45, 7) is 2.17. The molecule has 21 heavy (non-hydrogen) atoms. The smallest absolute Gasteiger partial charge is 0.221 e. The van der Waals surface area contributed by atoms with Crippen molar-refractivity contribution in [2.75, 3.05) is 30.1 Å². The van der Waals surface area contributed by atoms with Gasteiger partial charge in [0.15, 0.2) is 4.34 Å². The lowest BCUT2D eigenvalue weighted by molar-refractivity contribution is -0.114. The van der Waals surface area contributed by atoms with Crippen molar-refractivity contribution < 1.29 is 9.53 Å². The van der Waals surface area contributed by atoms with Crippen LogP contribution in [-0.2, 0) is 9.53 Å². The van der Waals surface area contributed by atoms with Crippen LogP contribution >= 0.6 is 23.1 Å². The minimum absolute atomic E-state index is 0.0973. The molecule has 0 bridgehead atoms. The summed E-state index contributed by atoms with van der Waals surface area (Å²) in [6, 6.07) is 7.45. The molecule has 2 rings (SSSR count). The fourth-order valence-electron chi connectivity index (χ4n) is 1.53. The fourth-order valence-corrected chi connectivity index (χ4v) is 3.28. The van der Waals surface area contributed by atoms with Crippen LogP contribution in [0.3, 0.4) is 0 Å². The Kier molecular flexibility index (Phi) is 5.97. The highest BCUT2D eigenvalue weighted by molar-refractivity contribution is 8.01. The van der Waals surface area contributed by atoms with E-state index in [1.807, 2.05) is 24.3 Å². The maximum Gasteiger partial charge on any atom is 0.221 e. The Bertz CT molecular complexity index is 603. The molecule has 1 aromatic carbocycles. The van der Waals surface area contributed by atoms with E-state index in [0.717, 1.165) is 26.6 Å². The van der Waals surface area contributed by atoms with E-state index in [1.54, 1.807) is 18.9 Å². The van der Waals surface area contributed by atoms with Crippen molar-refractivity contribution in [2.24, 2.45) is 0 Å². The van der Waals surface area contributed by atoms with Gasteiger partial charge in [-0.3, -0.25) is 4.79 Å². The molecule has 0 spiro atoms. The number of nitrogens with zero attached hydrogens (tertiary/aromatic N) is 2. The van der Waals surface area contributed by atoms with Crippen LogP contribution in [0.15, 0.2) is 28.6 Å². The average molecular weight is 324 g/mol. The van der Waals surface area contributed by atoms with E-state index in [0.29, 0.717) is 6.61 Å². The molecule has 1 aromatic heterocycles. The molecule has 6 nitrogen and oxygen atoms in total. The summed E-state index contributed by atoms with van der Waals surface area (Å²) in [5.41, 5.74) is 1.59. The predicted octanol–water partition coefficient (Wildman–Crippen LogP) is 2.98. The Balaban J connectivity index is 1.96. The lowest BCUT2D eigenvalue weighted by Gasteiger charge is -2.05. The lowest BCUT2D eigenvalue weighted by atomic mass is 10.3. The molecule has 0 aliphatic rings. The molecular weight excluding hydrogens is 308 g/mol. The number of nitrogens with one attached hydrogen (secondary N) is 2. The molecule has 2 N–H and O–H groups in total. The lowest BCUT2D eigenvalue weighted by Crippen LogP contribution is -2.05. The largest absolute Gasteiger partial charge is 0.384 e. The third-order valence-corrected chi connectivity index (χ3v) is 4.29. The van der Waals surface area contributed by atoms with Gasteiger partial charge in [0.1, 0.15) is 0 Å². The first-order valence-corrected chi connectivity index (χ1v) is 8.07. The Hall–Kier alpha value is -1.64. The van der Waals surface area contributed by atoms with Crippen LogP contribution in [0.1, 0.15) is 6.92 Å². The number of rotatable bonds is 7. The number of thioether (sulfide) groups is 1. The Morgan fingerprint density at radius 2 is 2.19 bits per heavy atom. The number of hydrogen-bond acceptors (Lipinski definition) is 7. The van der Waals surface area contributed by atoms with Gasteiger partial charge in [0.05, 0.1) is 6.61 Å². The van der Waals surface area contributed by atoms with Crippen molar-refractivity contribution in [2.45, 2.75) is 11.3 Å². The molecule has 0 aliphatic heterocycles. The average Bonchev–Trinajstić information content (AvgIpc) is 2.86. The van der Waals surface area contributed by atoms with Crippen LogP contribution in [0.25, 0.3) is 0 Å². The van der Waals surface area contributed by atoms with Gasteiger partial charge >= 0.3 is 0 Å². The molecule has 2 aromatic rings. The second-order valence-electron chi connectivity index (χ2n) is 4.10. The van der Waals surface area contributed by atoms with E-state index in [2.05, 4.69) is 20.8 Å². The second kappa shape index (κ2) is 7.96. The highest BCUT2D eigenvalue weighted by Crippen LogP contribution is 2.28. The third-order valence-electron chi connectivity index (χ3n) is 2.35. The van der Waals surface area contributed by atoms with Crippen molar-refractivity contribution in [1.29, 1.82) is 0 Å². The topological polar surface area (TPSA) is 76.1 Å². The number of carbonyl (C=O) groups excluding carboxylic acids is 1. The Labute approximate surface area is 131 Å². The molecule has 0 saturated heterocycles.